The third-order valence-corrected chi connectivity index (χ3v) is 0.994. The molecule has 1 N–H and O–H groups in total. The van der Waals surface area contributed by atoms with Crippen LogP contribution < -0.4 is 0 Å². The van der Waals surface area contributed by atoms with Crippen molar-refractivity contribution < 1.29 is 31.0 Å². The average Bonchev–Trinajstić information content (AvgIpc) is 1.66. The number of rotatable bonds is 4. The van der Waals surface area contributed by atoms with Crippen molar-refractivity contribution in [1.82, 2.24) is 0 Å². The van der Waals surface area contributed by atoms with Gasteiger partial charge in [0.1, 0.15) is 0 Å². The Morgan fingerprint density at radius 2 is 2.00 bits per heavy atom. The van der Waals surface area contributed by atoms with Gasteiger partial charge in [0.05, 0.1) is 0 Å². The number of unbranched alkanes of at least 4 members (excludes halogenated alkanes) is 2. The first-order valence-corrected chi connectivity index (χ1v) is 2.99. The summed E-state index contributed by atoms with van der Waals surface area (Å²) < 4.78 is 0. The molecular weight excluding hydrogens is 200 g/mol. The molecule has 0 saturated heterocycles. The average molecular weight is 212 g/mol. The van der Waals surface area contributed by atoms with E-state index in [4.69, 9.17) is 5.11 Å². The van der Waals surface area contributed by atoms with Gasteiger partial charge in [0, 0.05) is 27.5 Å². The molecule has 3 heteroatoms. The minimum atomic E-state index is -0.682. The Kier molecular flexibility index (Phi) is 10.8. The summed E-state index contributed by atoms with van der Waals surface area (Å²) >= 11 is 0. The summed E-state index contributed by atoms with van der Waals surface area (Å²) in [6.07, 6.45) is 3.28. The van der Waals surface area contributed by atoms with Crippen molar-refractivity contribution in [2.45, 2.75) is 32.6 Å². The zero-order valence-corrected chi connectivity index (χ0v) is 7.60. The number of carbonyl (C=O) groups is 1. The molecule has 2 nitrogen and oxygen atoms in total. The van der Waals surface area contributed by atoms with Gasteiger partial charge in [-0.3, -0.25) is 4.79 Å². The van der Waals surface area contributed by atoms with Crippen LogP contribution in [0.3, 0.4) is 0 Å². The van der Waals surface area contributed by atoms with E-state index in [9.17, 15) is 4.79 Å². The predicted molar refractivity (Wildman–Crippen MR) is 31.8 cm³/mol. The molecule has 0 aromatic rings. The second-order valence-corrected chi connectivity index (χ2v) is 1.85. The van der Waals surface area contributed by atoms with Gasteiger partial charge in [-0.1, -0.05) is 19.8 Å². The fraction of sp³-hybridized carbons (Fsp3) is 0.833. The molecule has 0 aromatic carbocycles. The molecule has 0 unspecified atom stereocenters. The molecule has 0 amide bonds. The van der Waals surface area contributed by atoms with Crippen LogP contribution in [0.1, 0.15) is 32.6 Å². The van der Waals surface area contributed by atoms with Gasteiger partial charge in [0.2, 0.25) is 0 Å². The van der Waals surface area contributed by atoms with Gasteiger partial charge in [-0.25, -0.2) is 0 Å². The van der Waals surface area contributed by atoms with Crippen molar-refractivity contribution in [3.63, 3.8) is 0 Å². The van der Waals surface area contributed by atoms with Crippen molar-refractivity contribution in [2.75, 3.05) is 0 Å². The van der Waals surface area contributed by atoms with Crippen LogP contribution in [-0.4, -0.2) is 11.1 Å². The Hall–Kier alpha value is 0.158. The van der Waals surface area contributed by atoms with Gasteiger partial charge in [0.15, 0.2) is 0 Å². The predicted octanol–water partition coefficient (Wildman–Crippen LogP) is 1.65. The van der Waals surface area contributed by atoms with Crippen molar-refractivity contribution in [1.29, 1.82) is 0 Å². The maximum absolute atomic E-state index is 9.87. The van der Waals surface area contributed by atoms with E-state index in [0.717, 1.165) is 19.3 Å². The molecule has 0 bridgehead atoms. The molecular formula is C6H12MoO2. The molecule has 9 heavy (non-hydrogen) atoms. The molecule has 0 aliphatic rings. The normalized spacial score (nSPS) is 8.11. The first kappa shape index (κ1) is 11.9. The zero-order valence-electron chi connectivity index (χ0n) is 5.59. The van der Waals surface area contributed by atoms with Gasteiger partial charge in [-0.15, -0.1) is 0 Å². The summed E-state index contributed by atoms with van der Waals surface area (Å²) in [5, 5.41) is 8.14. The topological polar surface area (TPSA) is 37.3 Å². The molecule has 0 aliphatic heterocycles. The second kappa shape index (κ2) is 8.16. The number of hydrogen-bond acceptors (Lipinski definition) is 1. The minimum Gasteiger partial charge on any atom is -0.481 e. The Labute approximate surface area is 69.9 Å². The van der Waals surface area contributed by atoms with Crippen molar-refractivity contribution in [3.05, 3.63) is 0 Å². The summed E-state index contributed by atoms with van der Waals surface area (Å²) in [5.74, 6) is -0.682. The van der Waals surface area contributed by atoms with E-state index in [-0.39, 0.29) is 21.1 Å². The van der Waals surface area contributed by atoms with Gasteiger partial charge in [0.25, 0.3) is 0 Å². The van der Waals surface area contributed by atoms with Crippen LogP contribution in [0, 0.1) is 0 Å². The van der Waals surface area contributed by atoms with Gasteiger partial charge in [-0.05, 0) is 6.42 Å². The van der Waals surface area contributed by atoms with Crippen LogP contribution in [-0.2, 0) is 25.9 Å². The van der Waals surface area contributed by atoms with E-state index in [0.29, 0.717) is 6.42 Å². The Morgan fingerprint density at radius 1 is 1.44 bits per heavy atom. The van der Waals surface area contributed by atoms with Crippen molar-refractivity contribution >= 4 is 5.97 Å². The fourth-order valence-electron chi connectivity index (χ4n) is 0.526. The molecule has 0 radical (unpaired) electrons. The summed E-state index contributed by atoms with van der Waals surface area (Å²) in [5.41, 5.74) is 0. The smallest absolute Gasteiger partial charge is 0.303 e. The molecule has 0 heterocycles. The van der Waals surface area contributed by atoms with Gasteiger partial charge < -0.3 is 5.11 Å². The molecule has 54 valence electrons. The third-order valence-electron chi connectivity index (χ3n) is 0.994. The van der Waals surface area contributed by atoms with E-state index in [1.807, 2.05) is 0 Å². The van der Waals surface area contributed by atoms with Crippen molar-refractivity contribution in [2.24, 2.45) is 0 Å². The first-order chi connectivity index (χ1) is 3.77. The Bertz CT molecular complexity index is 73.5. The number of carboxylic acid groups (broad SMARTS) is 1. The largest absolute Gasteiger partial charge is 0.481 e. The minimum absolute atomic E-state index is 0. The van der Waals surface area contributed by atoms with Crippen LogP contribution in [0.15, 0.2) is 0 Å². The van der Waals surface area contributed by atoms with Crippen LogP contribution in [0.25, 0.3) is 0 Å². The van der Waals surface area contributed by atoms with Crippen molar-refractivity contribution in [3.8, 4) is 0 Å². The van der Waals surface area contributed by atoms with Gasteiger partial charge in [-0.2, -0.15) is 0 Å². The number of hydrogen-bond donors (Lipinski definition) is 1. The maximum Gasteiger partial charge on any atom is 0.303 e. The van der Waals surface area contributed by atoms with E-state index in [2.05, 4.69) is 6.92 Å². The van der Waals surface area contributed by atoms with E-state index in [1.54, 1.807) is 0 Å². The van der Waals surface area contributed by atoms with E-state index >= 15 is 0 Å². The van der Waals surface area contributed by atoms with E-state index in [1.165, 1.54) is 0 Å². The Balaban J connectivity index is 0. The quantitative estimate of drug-likeness (QED) is 0.568. The molecule has 0 aromatic heterocycles. The molecule has 0 saturated carbocycles. The first-order valence-electron chi connectivity index (χ1n) is 2.99. The van der Waals surface area contributed by atoms with Crippen LogP contribution in [0.5, 0.6) is 0 Å². The molecule has 0 rings (SSSR count). The fourth-order valence-corrected chi connectivity index (χ4v) is 0.526. The second-order valence-electron chi connectivity index (χ2n) is 1.85. The van der Waals surface area contributed by atoms with E-state index < -0.39 is 5.97 Å². The third kappa shape index (κ3) is 11.6. The molecule has 0 aliphatic carbocycles. The summed E-state index contributed by atoms with van der Waals surface area (Å²) in [4.78, 5) is 9.87. The molecule has 0 fully saturated rings. The van der Waals surface area contributed by atoms with Gasteiger partial charge >= 0.3 is 5.97 Å². The number of aliphatic carboxylic acids is 1. The van der Waals surface area contributed by atoms with Crippen LogP contribution in [0.2, 0.25) is 0 Å². The molecule has 0 spiro atoms. The summed E-state index contributed by atoms with van der Waals surface area (Å²) in [7, 11) is 0. The Morgan fingerprint density at radius 3 is 2.33 bits per heavy atom. The SMILES string of the molecule is CCCCCC(=O)O.[Mo]. The maximum atomic E-state index is 9.87. The standard InChI is InChI=1S/C6H12O2.Mo/c1-2-3-4-5-6(7)8;/h2-5H2,1H3,(H,7,8);. The zero-order chi connectivity index (χ0) is 6.41. The van der Waals surface area contributed by atoms with Crippen LogP contribution >= 0.6 is 0 Å². The number of carboxylic acids is 1. The van der Waals surface area contributed by atoms with Crippen LogP contribution in [0.4, 0.5) is 0 Å². The summed E-state index contributed by atoms with van der Waals surface area (Å²) in [6, 6.07) is 0. The monoisotopic (exact) mass is 214 g/mol. The molecule has 0 atom stereocenters. The summed E-state index contributed by atoms with van der Waals surface area (Å²) in [6.45, 7) is 2.06.